The molecule has 0 fully saturated rings. The predicted octanol–water partition coefficient (Wildman–Crippen LogP) is -0.424. The largest absolute Gasteiger partial charge is 0.353 e. The molecule has 0 aliphatic heterocycles. The minimum atomic E-state index is -3.86. The van der Waals surface area contributed by atoms with Crippen LogP contribution < -0.4 is 5.32 Å². The molecule has 14 heavy (non-hydrogen) atoms. The first-order valence-corrected chi connectivity index (χ1v) is 5.42. The Labute approximate surface area is 106 Å². The summed E-state index contributed by atoms with van der Waals surface area (Å²) in [6.45, 7) is 3.64. The van der Waals surface area contributed by atoms with Crippen LogP contribution in [-0.2, 0) is 14.9 Å². The molecule has 7 heteroatoms. The van der Waals surface area contributed by atoms with E-state index in [9.17, 15) is 13.2 Å². The Balaban J connectivity index is 0. The Kier molecular flexibility index (Phi) is 9.96. The Morgan fingerprint density at radius 3 is 2.43 bits per heavy atom. The van der Waals surface area contributed by atoms with Crippen LogP contribution in [0.15, 0.2) is 12.7 Å². The molecule has 1 radical (unpaired) electrons. The summed E-state index contributed by atoms with van der Waals surface area (Å²) in [6, 6.07) is 0. The number of hydrogen-bond acceptors (Lipinski definition) is 3. The van der Waals surface area contributed by atoms with Gasteiger partial charge in [0.1, 0.15) is 0 Å². The van der Waals surface area contributed by atoms with Crippen LogP contribution in [0.2, 0.25) is 0 Å². The molecular weight excluding hydrogens is 217 g/mol. The van der Waals surface area contributed by atoms with Crippen molar-refractivity contribution in [2.45, 2.75) is 12.8 Å². The van der Waals surface area contributed by atoms with Crippen LogP contribution >= 0.6 is 0 Å². The Morgan fingerprint density at radius 1 is 1.43 bits per heavy atom. The number of amides is 1. The van der Waals surface area contributed by atoms with E-state index in [-0.39, 0.29) is 41.2 Å². The monoisotopic (exact) mass is 230 g/mol. The Hall–Kier alpha value is 0.120. The Bertz CT molecular complexity index is 275. The SMILES string of the molecule is C=CC(=O)NCCCCS(=O)(=O)O.[Na]. The maximum atomic E-state index is 10.6. The molecular formula is C7H13NNaO4S. The second-order valence-corrected chi connectivity index (χ2v) is 4.06. The molecule has 0 bridgehead atoms. The van der Waals surface area contributed by atoms with Gasteiger partial charge in [-0.1, -0.05) is 6.58 Å². The molecule has 0 saturated carbocycles. The van der Waals surface area contributed by atoms with Crippen molar-refractivity contribution in [1.82, 2.24) is 5.32 Å². The van der Waals surface area contributed by atoms with E-state index in [0.717, 1.165) is 6.08 Å². The van der Waals surface area contributed by atoms with E-state index in [1.165, 1.54) is 0 Å². The number of nitrogens with one attached hydrogen (secondary N) is 1. The van der Waals surface area contributed by atoms with Gasteiger partial charge in [-0.05, 0) is 18.9 Å². The van der Waals surface area contributed by atoms with Crippen LogP contribution in [0.25, 0.3) is 0 Å². The Morgan fingerprint density at radius 2 is 2.00 bits per heavy atom. The molecule has 0 aromatic rings. The van der Waals surface area contributed by atoms with Gasteiger partial charge in [-0.15, -0.1) is 0 Å². The molecule has 1 amide bonds. The first-order valence-electron chi connectivity index (χ1n) is 3.81. The van der Waals surface area contributed by atoms with Crippen molar-refractivity contribution in [3.8, 4) is 0 Å². The summed E-state index contributed by atoms with van der Waals surface area (Å²) in [6.07, 6.45) is 1.98. The zero-order valence-electron chi connectivity index (χ0n) is 8.19. The molecule has 0 atom stereocenters. The number of rotatable bonds is 6. The maximum Gasteiger partial charge on any atom is 0.264 e. The molecule has 0 unspecified atom stereocenters. The summed E-state index contributed by atoms with van der Waals surface area (Å²) < 4.78 is 28.8. The number of unbranched alkanes of at least 4 members (excludes halogenated alkanes) is 1. The van der Waals surface area contributed by atoms with Gasteiger partial charge in [-0.25, -0.2) is 0 Å². The van der Waals surface area contributed by atoms with Gasteiger partial charge in [-0.3, -0.25) is 9.35 Å². The molecule has 77 valence electrons. The van der Waals surface area contributed by atoms with Gasteiger partial charge in [0, 0.05) is 36.1 Å². The molecule has 0 aromatic heterocycles. The van der Waals surface area contributed by atoms with Crippen molar-refractivity contribution in [1.29, 1.82) is 0 Å². The average Bonchev–Trinajstić information content (AvgIpc) is 2.01. The molecule has 0 aliphatic rings. The van der Waals surface area contributed by atoms with E-state index in [2.05, 4.69) is 11.9 Å². The summed E-state index contributed by atoms with van der Waals surface area (Å²) in [7, 11) is -3.86. The number of carbonyl (C=O) groups is 1. The fourth-order valence-corrected chi connectivity index (χ4v) is 1.26. The summed E-state index contributed by atoms with van der Waals surface area (Å²) in [4.78, 5) is 10.6. The normalized spacial score (nSPS) is 10.1. The molecule has 2 N–H and O–H groups in total. The second-order valence-electron chi connectivity index (χ2n) is 2.49. The zero-order chi connectivity index (χ0) is 10.3. The number of carbonyl (C=O) groups excluding carboxylic acids is 1. The fourth-order valence-electron chi connectivity index (χ4n) is 0.693. The van der Waals surface area contributed by atoms with Crippen molar-refractivity contribution in [2.24, 2.45) is 0 Å². The molecule has 0 spiro atoms. The summed E-state index contributed by atoms with van der Waals surface area (Å²) in [5.74, 6) is -0.552. The summed E-state index contributed by atoms with van der Waals surface area (Å²) in [5, 5.41) is 2.49. The van der Waals surface area contributed by atoms with Crippen molar-refractivity contribution in [2.75, 3.05) is 12.3 Å². The van der Waals surface area contributed by atoms with Gasteiger partial charge in [-0.2, -0.15) is 8.42 Å². The van der Waals surface area contributed by atoms with E-state index in [4.69, 9.17) is 4.55 Å². The third-order valence-electron chi connectivity index (χ3n) is 1.31. The quantitative estimate of drug-likeness (QED) is 0.281. The smallest absolute Gasteiger partial charge is 0.264 e. The van der Waals surface area contributed by atoms with Crippen LogP contribution in [0.1, 0.15) is 12.8 Å². The predicted molar refractivity (Wildman–Crippen MR) is 54.6 cm³/mol. The molecule has 0 rings (SSSR count). The minimum Gasteiger partial charge on any atom is -0.353 e. The molecule has 0 saturated heterocycles. The molecule has 0 aromatic carbocycles. The maximum absolute atomic E-state index is 10.6. The minimum absolute atomic E-state index is 0. The molecule has 5 nitrogen and oxygen atoms in total. The average molecular weight is 230 g/mol. The van der Waals surface area contributed by atoms with E-state index < -0.39 is 10.1 Å². The topological polar surface area (TPSA) is 83.5 Å². The van der Waals surface area contributed by atoms with Gasteiger partial charge in [0.05, 0.1) is 5.75 Å². The van der Waals surface area contributed by atoms with E-state index >= 15 is 0 Å². The van der Waals surface area contributed by atoms with Crippen molar-refractivity contribution < 1.29 is 17.8 Å². The van der Waals surface area contributed by atoms with Crippen molar-refractivity contribution in [3.63, 3.8) is 0 Å². The van der Waals surface area contributed by atoms with Crippen LogP contribution in [-0.4, -0.2) is 60.7 Å². The van der Waals surface area contributed by atoms with E-state index in [1.807, 2.05) is 0 Å². The van der Waals surface area contributed by atoms with Gasteiger partial charge in [0.15, 0.2) is 0 Å². The van der Waals surface area contributed by atoms with E-state index in [1.54, 1.807) is 0 Å². The van der Waals surface area contributed by atoms with E-state index in [0.29, 0.717) is 19.4 Å². The fraction of sp³-hybridized carbons (Fsp3) is 0.571. The zero-order valence-corrected chi connectivity index (χ0v) is 11.0. The second kappa shape index (κ2) is 8.43. The summed E-state index contributed by atoms with van der Waals surface area (Å²) in [5.41, 5.74) is 0. The third-order valence-corrected chi connectivity index (χ3v) is 2.12. The van der Waals surface area contributed by atoms with Crippen molar-refractivity contribution >= 4 is 45.6 Å². The van der Waals surface area contributed by atoms with Gasteiger partial charge < -0.3 is 5.32 Å². The first-order chi connectivity index (χ1) is 5.95. The van der Waals surface area contributed by atoms with Gasteiger partial charge in [0.2, 0.25) is 5.91 Å². The van der Waals surface area contributed by atoms with Gasteiger partial charge in [0.25, 0.3) is 10.1 Å². The van der Waals surface area contributed by atoms with Crippen LogP contribution in [0.3, 0.4) is 0 Å². The standard InChI is InChI=1S/C7H13NO4S.Na/c1-2-7(9)8-5-3-4-6-13(10,11)12;/h2H,1,3-6H2,(H,8,9)(H,10,11,12);. The third kappa shape index (κ3) is 12.1. The first kappa shape index (κ1) is 16.5. The number of hydrogen-bond donors (Lipinski definition) is 2. The summed E-state index contributed by atoms with van der Waals surface area (Å²) >= 11 is 0. The van der Waals surface area contributed by atoms with Crippen LogP contribution in [0.4, 0.5) is 0 Å². The van der Waals surface area contributed by atoms with Gasteiger partial charge >= 0.3 is 0 Å². The van der Waals surface area contributed by atoms with Crippen molar-refractivity contribution in [3.05, 3.63) is 12.7 Å². The molecule has 0 heterocycles. The van der Waals surface area contributed by atoms with Crippen LogP contribution in [0, 0.1) is 0 Å². The van der Waals surface area contributed by atoms with Crippen LogP contribution in [0.5, 0.6) is 0 Å². The molecule has 0 aliphatic carbocycles.